The van der Waals surface area contributed by atoms with Gasteiger partial charge in [0.1, 0.15) is 11.9 Å². The van der Waals surface area contributed by atoms with Crippen LogP contribution in [0.3, 0.4) is 0 Å². The van der Waals surface area contributed by atoms with Crippen molar-refractivity contribution in [3.8, 4) is 0 Å². The summed E-state index contributed by atoms with van der Waals surface area (Å²) in [6, 6.07) is 4.78. The molecule has 0 radical (unpaired) electrons. The van der Waals surface area contributed by atoms with Crippen LogP contribution in [-0.2, 0) is 11.2 Å². The minimum absolute atomic E-state index is 0.259. The number of hydrogen-bond donors (Lipinski definition) is 3. The van der Waals surface area contributed by atoms with Gasteiger partial charge in [-0.25, -0.2) is 9.18 Å². The van der Waals surface area contributed by atoms with E-state index in [0.717, 1.165) is 11.3 Å². The van der Waals surface area contributed by atoms with Crippen molar-refractivity contribution in [3.05, 3.63) is 35.6 Å². The molecule has 0 bridgehead atoms. The van der Waals surface area contributed by atoms with Gasteiger partial charge in [0.25, 0.3) is 0 Å². The molecular formula is C14H20FN3O2S. The van der Waals surface area contributed by atoms with Crippen LogP contribution in [0.25, 0.3) is 0 Å². The van der Waals surface area contributed by atoms with Gasteiger partial charge in [0.2, 0.25) is 5.91 Å². The van der Waals surface area contributed by atoms with Crippen molar-refractivity contribution in [1.82, 2.24) is 10.6 Å². The number of carbonyl (C=O) groups is 2. The zero-order valence-electron chi connectivity index (χ0n) is 11.9. The number of benzene rings is 1. The molecule has 0 aliphatic rings. The molecule has 0 heterocycles. The first-order chi connectivity index (χ1) is 10.0. The predicted octanol–water partition coefficient (Wildman–Crippen LogP) is 1.27. The summed E-state index contributed by atoms with van der Waals surface area (Å²) < 4.78 is 12.8. The fourth-order valence-corrected chi connectivity index (χ4v) is 2.25. The second-order valence-corrected chi connectivity index (χ2v) is 5.50. The average molecular weight is 313 g/mol. The number of rotatable bonds is 8. The van der Waals surface area contributed by atoms with Crippen molar-refractivity contribution in [3.63, 3.8) is 0 Å². The van der Waals surface area contributed by atoms with E-state index in [-0.39, 0.29) is 11.7 Å². The number of nitrogens with two attached hydrogens (primary N) is 1. The number of nitrogens with one attached hydrogen (secondary N) is 2. The number of hydrogen-bond acceptors (Lipinski definition) is 3. The summed E-state index contributed by atoms with van der Waals surface area (Å²) in [6.45, 7) is 0.417. The maximum Gasteiger partial charge on any atom is 0.312 e. The fourth-order valence-electron chi connectivity index (χ4n) is 1.78. The molecule has 4 N–H and O–H groups in total. The number of amides is 3. The van der Waals surface area contributed by atoms with Crippen molar-refractivity contribution in [2.45, 2.75) is 18.9 Å². The van der Waals surface area contributed by atoms with E-state index in [1.807, 2.05) is 6.26 Å². The lowest BCUT2D eigenvalue weighted by atomic mass is 10.1. The fraction of sp³-hybridized carbons (Fsp3) is 0.429. The van der Waals surface area contributed by atoms with Gasteiger partial charge in [0, 0.05) is 6.54 Å². The van der Waals surface area contributed by atoms with Crippen molar-refractivity contribution in [1.29, 1.82) is 0 Å². The van der Waals surface area contributed by atoms with Crippen molar-refractivity contribution in [2.24, 2.45) is 5.73 Å². The third-order valence-corrected chi connectivity index (χ3v) is 3.51. The van der Waals surface area contributed by atoms with Crippen LogP contribution < -0.4 is 16.4 Å². The minimum atomic E-state index is -0.713. The Bertz CT molecular complexity index is 468. The second-order valence-electron chi connectivity index (χ2n) is 4.51. The maximum atomic E-state index is 12.8. The predicted molar refractivity (Wildman–Crippen MR) is 82.6 cm³/mol. The van der Waals surface area contributed by atoms with Gasteiger partial charge in [-0.05, 0) is 42.5 Å². The molecule has 3 amide bonds. The van der Waals surface area contributed by atoms with Crippen LogP contribution in [0, 0.1) is 5.82 Å². The van der Waals surface area contributed by atoms with Crippen molar-refractivity contribution < 1.29 is 14.0 Å². The van der Waals surface area contributed by atoms with Crippen LogP contribution in [-0.4, -0.2) is 36.5 Å². The average Bonchev–Trinajstić information content (AvgIpc) is 2.45. The molecule has 0 aromatic heterocycles. The monoisotopic (exact) mass is 313 g/mol. The number of thioether (sulfide) groups is 1. The summed E-state index contributed by atoms with van der Waals surface area (Å²) in [7, 11) is 0. The highest BCUT2D eigenvalue weighted by atomic mass is 32.2. The summed E-state index contributed by atoms with van der Waals surface area (Å²) in [6.07, 6.45) is 3.04. The largest absolute Gasteiger partial charge is 0.354 e. The second kappa shape index (κ2) is 9.23. The lowest BCUT2D eigenvalue weighted by Gasteiger charge is -2.16. The van der Waals surface area contributed by atoms with Crippen molar-refractivity contribution >= 4 is 23.7 Å². The SMILES string of the molecule is CSCCC(NC(N)=O)C(=O)NCCc1ccc(F)cc1. The van der Waals surface area contributed by atoms with E-state index < -0.39 is 12.1 Å². The molecular weight excluding hydrogens is 293 g/mol. The van der Waals surface area contributed by atoms with Crippen LogP contribution in [0.2, 0.25) is 0 Å². The summed E-state index contributed by atoms with van der Waals surface area (Å²) in [5, 5.41) is 5.18. The van der Waals surface area contributed by atoms with Gasteiger partial charge in [-0.3, -0.25) is 4.79 Å². The normalized spacial score (nSPS) is 11.7. The van der Waals surface area contributed by atoms with Gasteiger partial charge in [-0.1, -0.05) is 12.1 Å². The third kappa shape index (κ3) is 6.99. The van der Waals surface area contributed by atoms with E-state index in [9.17, 15) is 14.0 Å². The molecule has 0 aliphatic heterocycles. The Morgan fingerprint density at radius 1 is 1.33 bits per heavy atom. The Balaban J connectivity index is 2.41. The Morgan fingerprint density at radius 3 is 2.57 bits per heavy atom. The van der Waals surface area contributed by atoms with E-state index in [1.165, 1.54) is 12.1 Å². The molecule has 0 saturated heterocycles. The smallest absolute Gasteiger partial charge is 0.312 e. The highest BCUT2D eigenvalue weighted by Gasteiger charge is 2.18. The molecule has 1 aromatic rings. The van der Waals surface area contributed by atoms with E-state index in [4.69, 9.17) is 5.73 Å². The zero-order chi connectivity index (χ0) is 15.7. The lowest BCUT2D eigenvalue weighted by Crippen LogP contribution is -2.49. The maximum absolute atomic E-state index is 12.8. The van der Waals surface area contributed by atoms with Gasteiger partial charge in [0.05, 0.1) is 0 Å². The highest BCUT2D eigenvalue weighted by molar-refractivity contribution is 7.98. The molecule has 21 heavy (non-hydrogen) atoms. The van der Waals surface area contributed by atoms with E-state index >= 15 is 0 Å². The summed E-state index contributed by atoms with van der Waals surface area (Å²) in [5.74, 6) is 0.201. The standard InChI is InChI=1S/C14H20FN3O2S/c1-21-9-7-12(18-14(16)20)13(19)17-8-6-10-2-4-11(15)5-3-10/h2-5,12H,6-9H2,1H3,(H,17,19)(H3,16,18,20). The summed E-state index contributed by atoms with van der Waals surface area (Å²) in [4.78, 5) is 22.9. The molecule has 1 aromatic carbocycles. The van der Waals surface area contributed by atoms with Crippen LogP contribution >= 0.6 is 11.8 Å². The molecule has 1 atom stereocenters. The lowest BCUT2D eigenvalue weighted by molar-refractivity contribution is -0.122. The Kier molecular flexibility index (Phi) is 7.60. The van der Waals surface area contributed by atoms with Crippen LogP contribution in [0.4, 0.5) is 9.18 Å². The summed E-state index contributed by atoms with van der Waals surface area (Å²) in [5.41, 5.74) is 6.00. The number of primary amides is 1. The molecule has 1 unspecified atom stereocenters. The zero-order valence-corrected chi connectivity index (χ0v) is 12.7. The molecule has 0 spiro atoms. The first-order valence-corrected chi connectivity index (χ1v) is 7.99. The third-order valence-electron chi connectivity index (χ3n) is 2.87. The Morgan fingerprint density at radius 2 is 2.00 bits per heavy atom. The van der Waals surface area contributed by atoms with Crippen LogP contribution in [0.5, 0.6) is 0 Å². The van der Waals surface area contributed by atoms with E-state index in [2.05, 4.69) is 10.6 Å². The highest BCUT2D eigenvalue weighted by Crippen LogP contribution is 2.04. The molecule has 0 aliphatic carbocycles. The molecule has 0 saturated carbocycles. The topological polar surface area (TPSA) is 84.2 Å². The van der Waals surface area contributed by atoms with Gasteiger partial charge in [-0.2, -0.15) is 11.8 Å². The van der Waals surface area contributed by atoms with E-state index in [1.54, 1.807) is 23.9 Å². The van der Waals surface area contributed by atoms with Gasteiger partial charge in [0.15, 0.2) is 0 Å². The first kappa shape index (κ1) is 17.3. The number of halogens is 1. The van der Waals surface area contributed by atoms with Gasteiger partial charge < -0.3 is 16.4 Å². The summed E-state index contributed by atoms with van der Waals surface area (Å²) >= 11 is 1.59. The number of urea groups is 1. The quantitative estimate of drug-likeness (QED) is 0.676. The molecule has 5 nitrogen and oxygen atoms in total. The molecule has 1 rings (SSSR count). The first-order valence-electron chi connectivity index (χ1n) is 6.60. The van der Waals surface area contributed by atoms with E-state index in [0.29, 0.717) is 19.4 Å². The van der Waals surface area contributed by atoms with Gasteiger partial charge >= 0.3 is 6.03 Å². The van der Waals surface area contributed by atoms with Crippen LogP contribution in [0.1, 0.15) is 12.0 Å². The Labute approximate surface area is 127 Å². The van der Waals surface area contributed by atoms with Gasteiger partial charge in [-0.15, -0.1) is 0 Å². The molecule has 0 fully saturated rings. The van der Waals surface area contributed by atoms with Crippen molar-refractivity contribution in [2.75, 3.05) is 18.6 Å². The minimum Gasteiger partial charge on any atom is -0.354 e. The molecule has 7 heteroatoms. The Hall–Kier alpha value is -1.76. The molecule has 116 valence electrons. The number of carbonyl (C=O) groups excluding carboxylic acids is 2. The van der Waals surface area contributed by atoms with Crippen LogP contribution in [0.15, 0.2) is 24.3 Å².